The lowest BCUT2D eigenvalue weighted by Gasteiger charge is -2.23. The lowest BCUT2D eigenvalue weighted by molar-refractivity contribution is 0.150. The summed E-state index contributed by atoms with van der Waals surface area (Å²) in [4.78, 5) is 4.51. The Morgan fingerprint density at radius 2 is 1.79 bits per heavy atom. The number of sulfone groups is 1. The van der Waals surface area contributed by atoms with E-state index in [-0.39, 0.29) is 23.8 Å². The molecule has 0 spiro atoms. The number of nitrogens with one attached hydrogen (secondary N) is 1. The number of aryl methyl sites for hydroxylation is 1. The lowest BCUT2D eigenvalue weighted by Crippen LogP contribution is -2.32. The molecule has 3 aromatic rings. The molecule has 9 nitrogen and oxygen atoms in total. The second-order valence-electron chi connectivity index (χ2n) is 8.20. The first-order valence-electron chi connectivity index (χ1n) is 10.5. The quantitative estimate of drug-likeness (QED) is 0.302. The molecule has 0 fully saturated rings. The molecule has 0 aliphatic rings. The van der Waals surface area contributed by atoms with Crippen LogP contribution in [0.4, 0.5) is 5.82 Å². The molecule has 12 heteroatoms. The van der Waals surface area contributed by atoms with Gasteiger partial charge in [-0.05, 0) is 62.7 Å². The topological polar surface area (TPSA) is 130 Å². The van der Waals surface area contributed by atoms with E-state index in [1.165, 1.54) is 0 Å². The highest BCUT2D eigenvalue weighted by molar-refractivity contribution is 7.92. The Morgan fingerprint density at radius 3 is 2.35 bits per heavy atom. The van der Waals surface area contributed by atoms with Crippen LogP contribution in [0.3, 0.4) is 0 Å². The normalized spacial score (nSPS) is 13.4. The van der Waals surface area contributed by atoms with Gasteiger partial charge in [0.15, 0.2) is 0 Å². The predicted octanol–water partition coefficient (Wildman–Crippen LogP) is 3.26. The Morgan fingerprint density at radius 1 is 1.15 bits per heavy atom. The molecule has 2 N–H and O–H groups in total. The van der Waals surface area contributed by atoms with E-state index in [4.69, 9.17) is 16.0 Å². The van der Waals surface area contributed by atoms with Crippen LogP contribution >= 0.6 is 11.6 Å². The number of aliphatic hydroxyl groups excluding tert-OH is 1. The number of furan rings is 1. The third-order valence-corrected chi connectivity index (χ3v) is 7.74. The van der Waals surface area contributed by atoms with Crippen molar-refractivity contribution in [3.05, 3.63) is 46.5 Å². The maximum absolute atomic E-state index is 12.6. The summed E-state index contributed by atoms with van der Waals surface area (Å²) in [5.74, 6) is 0.553. The van der Waals surface area contributed by atoms with Gasteiger partial charge in [-0.3, -0.25) is 9.62 Å². The van der Waals surface area contributed by atoms with E-state index in [9.17, 15) is 21.9 Å². The molecule has 1 atom stereocenters. The van der Waals surface area contributed by atoms with Gasteiger partial charge in [-0.1, -0.05) is 11.6 Å². The van der Waals surface area contributed by atoms with Crippen molar-refractivity contribution in [2.45, 2.75) is 26.0 Å². The summed E-state index contributed by atoms with van der Waals surface area (Å²) in [7, 11) is -5.24. The van der Waals surface area contributed by atoms with Crippen LogP contribution in [0.15, 0.2) is 34.7 Å². The highest BCUT2D eigenvalue weighted by Gasteiger charge is 2.26. The van der Waals surface area contributed by atoms with E-state index in [0.29, 0.717) is 45.7 Å². The number of aliphatic hydroxyl groups is 1. The summed E-state index contributed by atoms with van der Waals surface area (Å²) >= 11 is 6.00. The molecule has 0 saturated carbocycles. The molecule has 186 valence electrons. The zero-order valence-electron chi connectivity index (χ0n) is 19.4. The van der Waals surface area contributed by atoms with Gasteiger partial charge in [-0.25, -0.2) is 16.8 Å². The molecule has 34 heavy (non-hydrogen) atoms. The number of fused-ring (bicyclic) bond motifs is 1. The van der Waals surface area contributed by atoms with Gasteiger partial charge in [0.05, 0.1) is 11.8 Å². The van der Waals surface area contributed by atoms with Crippen LogP contribution in [0.5, 0.6) is 0 Å². The Kier molecular flexibility index (Phi) is 7.93. The number of hydrogen-bond acceptors (Lipinski definition) is 8. The summed E-state index contributed by atoms with van der Waals surface area (Å²) in [6.45, 7) is 1.80. The van der Waals surface area contributed by atoms with E-state index < -0.39 is 26.1 Å². The summed E-state index contributed by atoms with van der Waals surface area (Å²) in [6, 6.07) is 8.64. The van der Waals surface area contributed by atoms with Gasteiger partial charge in [0.2, 0.25) is 15.7 Å². The van der Waals surface area contributed by atoms with Crippen molar-refractivity contribution in [1.82, 2.24) is 10.3 Å². The van der Waals surface area contributed by atoms with Crippen molar-refractivity contribution in [3.63, 3.8) is 0 Å². The molecule has 0 saturated heterocycles. The molecule has 0 bridgehead atoms. The number of halogens is 1. The summed E-state index contributed by atoms with van der Waals surface area (Å²) < 4.78 is 55.1. The van der Waals surface area contributed by atoms with Gasteiger partial charge < -0.3 is 9.52 Å². The molecule has 1 unspecified atom stereocenters. The van der Waals surface area contributed by atoms with Crippen molar-refractivity contribution in [2.75, 3.05) is 36.2 Å². The fourth-order valence-electron chi connectivity index (χ4n) is 3.66. The molecule has 2 heterocycles. The number of hydrogen-bond donors (Lipinski definition) is 2. The van der Waals surface area contributed by atoms with E-state index >= 15 is 0 Å². The first kappa shape index (κ1) is 26.4. The molecule has 0 aliphatic heterocycles. The van der Waals surface area contributed by atoms with Crippen LogP contribution < -0.4 is 9.62 Å². The number of benzene rings is 1. The molecule has 0 radical (unpaired) electrons. The van der Waals surface area contributed by atoms with Crippen molar-refractivity contribution in [1.29, 1.82) is 0 Å². The number of rotatable bonds is 10. The second-order valence-corrected chi connectivity index (χ2v) is 12.8. The summed E-state index contributed by atoms with van der Waals surface area (Å²) in [6.07, 6.45) is 1.84. The van der Waals surface area contributed by atoms with Gasteiger partial charge >= 0.3 is 0 Å². The Balaban J connectivity index is 2.09. The molecule has 1 aromatic carbocycles. The summed E-state index contributed by atoms with van der Waals surface area (Å²) in [5, 5.41) is 14.5. The molecule has 3 rings (SSSR count). The first-order valence-corrected chi connectivity index (χ1v) is 14.8. The minimum Gasteiger partial charge on any atom is -0.437 e. The Labute approximate surface area is 204 Å². The van der Waals surface area contributed by atoms with Crippen molar-refractivity contribution >= 4 is 48.4 Å². The summed E-state index contributed by atoms with van der Waals surface area (Å²) in [5.41, 5.74) is 1.88. The highest BCUT2D eigenvalue weighted by atomic mass is 35.5. The smallest absolute Gasteiger partial charge is 0.233 e. The highest BCUT2D eigenvalue weighted by Crippen LogP contribution is 2.38. The number of unbranched alkanes of at least 4 members (excludes halogenated alkanes) is 1. The average molecular weight is 530 g/mol. The Hall–Kier alpha value is -2.18. The van der Waals surface area contributed by atoms with Crippen LogP contribution in [0, 0.1) is 6.92 Å². The van der Waals surface area contributed by atoms with Crippen LogP contribution in [-0.4, -0.2) is 58.8 Å². The van der Waals surface area contributed by atoms with Crippen LogP contribution in [0.1, 0.15) is 30.2 Å². The number of anilines is 1. The third-order valence-electron chi connectivity index (χ3n) is 5.30. The maximum atomic E-state index is 12.6. The zero-order valence-corrected chi connectivity index (χ0v) is 21.8. The first-order chi connectivity index (χ1) is 15.8. The SMILES string of the molecule is CNC(O)c1c(-c2ccc(Cl)cc2)oc2nc(N(CCCCS(C)(=O)=O)S(C)(=O)=O)c(C)cc12. The Bertz CT molecular complexity index is 1390. The van der Waals surface area contributed by atoms with E-state index in [0.717, 1.165) is 16.8 Å². The van der Waals surface area contributed by atoms with Gasteiger partial charge in [-0.15, -0.1) is 0 Å². The minimum atomic E-state index is -3.70. The van der Waals surface area contributed by atoms with Gasteiger partial charge in [0.1, 0.15) is 27.6 Å². The van der Waals surface area contributed by atoms with E-state index in [1.807, 2.05) is 0 Å². The molecular weight excluding hydrogens is 502 g/mol. The third kappa shape index (κ3) is 6.08. The molecule has 0 amide bonds. The fourth-order valence-corrected chi connectivity index (χ4v) is 5.48. The van der Waals surface area contributed by atoms with Crippen molar-refractivity contribution in [3.8, 4) is 11.3 Å². The predicted molar refractivity (Wildman–Crippen MR) is 134 cm³/mol. The van der Waals surface area contributed by atoms with Crippen LogP contribution in [-0.2, 0) is 19.9 Å². The molecule has 2 aromatic heterocycles. The number of pyridine rings is 1. The number of aromatic nitrogens is 1. The van der Waals surface area contributed by atoms with Crippen LogP contribution in [0.25, 0.3) is 22.4 Å². The van der Waals surface area contributed by atoms with E-state index in [2.05, 4.69) is 10.3 Å². The average Bonchev–Trinajstić information content (AvgIpc) is 3.10. The van der Waals surface area contributed by atoms with E-state index in [1.54, 1.807) is 44.3 Å². The number of sulfonamides is 1. The lowest BCUT2D eigenvalue weighted by atomic mass is 10.0. The largest absolute Gasteiger partial charge is 0.437 e. The monoisotopic (exact) mass is 529 g/mol. The second kappa shape index (κ2) is 10.2. The molecule has 0 aliphatic carbocycles. The fraction of sp³-hybridized carbons (Fsp3) is 0.409. The maximum Gasteiger partial charge on any atom is 0.233 e. The van der Waals surface area contributed by atoms with Crippen molar-refractivity contribution < 1.29 is 26.4 Å². The standard InChI is InChI=1S/C22H28ClN3O6S2/c1-14-13-17-18(21(27)24-2)19(15-7-9-16(23)10-8-15)32-22(17)25-20(14)26(34(4,30)31)11-5-6-12-33(3,28)29/h7-10,13,21,24,27H,5-6,11-12H2,1-4H3. The van der Waals surface area contributed by atoms with Crippen LogP contribution in [0.2, 0.25) is 5.02 Å². The van der Waals surface area contributed by atoms with Crippen molar-refractivity contribution in [2.24, 2.45) is 0 Å². The molecular formula is C22H28ClN3O6S2. The van der Waals surface area contributed by atoms with Gasteiger partial charge in [0.25, 0.3) is 0 Å². The van der Waals surface area contributed by atoms with Gasteiger partial charge in [-0.2, -0.15) is 4.98 Å². The van der Waals surface area contributed by atoms with Gasteiger partial charge in [0, 0.05) is 34.5 Å². The minimum absolute atomic E-state index is 0.0239. The number of nitrogens with zero attached hydrogens (tertiary/aromatic N) is 2. The zero-order chi connectivity index (χ0) is 25.3.